The van der Waals surface area contributed by atoms with E-state index in [1.54, 1.807) is 0 Å². The maximum Gasteiger partial charge on any atom is 0.238 e. The summed E-state index contributed by atoms with van der Waals surface area (Å²) in [6.45, 7) is 10.1. The lowest BCUT2D eigenvalue weighted by atomic mass is 9.97. The first-order chi connectivity index (χ1) is 8.89. The number of rotatable bonds is 6. The van der Waals surface area contributed by atoms with Gasteiger partial charge in [0.1, 0.15) is 5.54 Å². The molecule has 0 aliphatic carbocycles. The number of carbonyl (C=O) groups excluding carboxylic acids is 1. The number of nitrogens with one attached hydrogen (secondary N) is 1. The predicted octanol–water partition coefficient (Wildman–Crippen LogP) is 1.88. The van der Waals surface area contributed by atoms with Gasteiger partial charge in [0.05, 0.1) is 0 Å². The molecule has 1 aliphatic rings. The van der Waals surface area contributed by atoms with Crippen LogP contribution in [0.15, 0.2) is 0 Å². The molecule has 0 aromatic heterocycles. The molecule has 4 heteroatoms. The van der Waals surface area contributed by atoms with Crippen LogP contribution >= 0.6 is 0 Å². The topological polar surface area (TPSA) is 58.4 Å². The van der Waals surface area contributed by atoms with Crippen LogP contribution in [0, 0.1) is 0 Å². The quantitative estimate of drug-likeness (QED) is 0.774. The molecule has 1 amide bonds. The molecule has 0 spiro atoms. The van der Waals surface area contributed by atoms with Gasteiger partial charge >= 0.3 is 0 Å². The van der Waals surface area contributed by atoms with Crippen LogP contribution in [0.1, 0.15) is 59.8 Å². The summed E-state index contributed by atoms with van der Waals surface area (Å²) < 4.78 is 0. The lowest BCUT2D eigenvalue weighted by molar-refractivity contribution is -0.125. The first-order valence-electron chi connectivity index (χ1n) is 7.70. The van der Waals surface area contributed by atoms with E-state index in [-0.39, 0.29) is 11.9 Å². The fraction of sp³-hybridized carbons (Fsp3) is 0.933. The van der Waals surface area contributed by atoms with Gasteiger partial charge in [-0.2, -0.15) is 0 Å². The Labute approximate surface area is 118 Å². The van der Waals surface area contributed by atoms with Crippen LogP contribution in [0.5, 0.6) is 0 Å². The molecule has 1 fully saturated rings. The summed E-state index contributed by atoms with van der Waals surface area (Å²) in [5.74, 6) is -0.250. The minimum atomic E-state index is -0.633. The van der Waals surface area contributed by atoms with E-state index in [1.165, 1.54) is 25.7 Å². The molecule has 19 heavy (non-hydrogen) atoms. The SMILES string of the molecule is CCC1CCCCCN1CC(C)(NC(C)C)C(N)=O. The molecule has 1 saturated heterocycles. The number of amides is 1. The van der Waals surface area contributed by atoms with Crippen molar-refractivity contribution in [1.82, 2.24) is 10.2 Å². The Balaban J connectivity index is 2.78. The van der Waals surface area contributed by atoms with Gasteiger partial charge in [-0.25, -0.2) is 0 Å². The van der Waals surface area contributed by atoms with Gasteiger partial charge in [-0.1, -0.05) is 19.8 Å². The number of nitrogens with two attached hydrogens (primary N) is 1. The highest BCUT2D eigenvalue weighted by Crippen LogP contribution is 2.21. The van der Waals surface area contributed by atoms with Crippen molar-refractivity contribution < 1.29 is 4.79 Å². The summed E-state index contributed by atoms with van der Waals surface area (Å²) in [5.41, 5.74) is 5.00. The number of hydrogen-bond acceptors (Lipinski definition) is 3. The van der Waals surface area contributed by atoms with Gasteiger partial charge in [-0.15, -0.1) is 0 Å². The second kappa shape index (κ2) is 7.25. The Morgan fingerprint density at radius 2 is 2.11 bits per heavy atom. The highest BCUT2D eigenvalue weighted by atomic mass is 16.1. The normalized spacial score (nSPS) is 25.0. The molecule has 0 bridgehead atoms. The van der Waals surface area contributed by atoms with Gasteiger partial charge < -0.3 is 11.1 Å². The zero-order valence-corrected chi connectivity index (χ0v) is 13.0. The molecule has 1 heterocycles. The molecule has 112 valence electrons. The molecule has 0 aromatic rings. The van der Waals surface area contributed by atoms with Crippen molar-refractivity contribution in [3.05, 3.63) is 0 Å². The van der Waals surface area contributed by atoms with Crippen molar-refractivity contribution in [3.8, 4) is 0 Å². The Kier molecular flexibility index (Phi) is 6.27. The predicted molar refractivity (Wildman–Crippen MR) is 80.0 cm³/mol. The van der Waals surface area contributed by atoms with Gasteiger partial charge in [0.25, 0.3) is 0 Å². The Morgan fingerprint density at radius 1 is 1.42 bits per heavy atom. The number of nitrogens with zero attached hydrogens (tertiary/aromatic N) is 1. The minimum Gasteiger partial charge on any atom is -0.368 e. The van der Waals surface area contributed by atoms with E-state index in [0.29, 0.717) is 6.04 Å². The Hall–Kier alpha value is -0.610. The fourth-order valence-corrected chi connectivity index (χ4v) is 3.15. The minimum absolute atomic E-state index is 0.250. The summed E-state index contributed by atoms with van der Waals surface area (Å²) in [6.07, 6.45) is 6.23. The van der Waals surface area contributed by atoms with Crippen molar-refractivity contribution in [2.75, 3.05) is 13.1 Å². The molecule has 0 aromatic carbocycles. The average molecular weight is 269 g/mol. The van der Waals surface area contributed by atoms with Crippen molar-refractivity contribution >= 4 is 5.91 Å². The summed E-state index contributed by atoms with van der Waals surface area (Å²) in [7, 11) is 0. The molecular weight excluding hydrogens is 238 g/mol. The van der Waals surface area contributed by atoms with Crippen LogP contribution < -0.4 is 11.1 Å². The van der Waals surface area contributed by atoms with Gasteiger partial charge in [0.15, 0.2) is 0 Å². The number of hydrogen-bond donors (Lipinski definition) is 2. The number of likely N-dealkylation sites (tertiary alicyclic amines) is 1. The summed E-state index contributed by atoms with van der Waals surface area (Å²) in [5, 5.41) is 3.35. The van der Waals surface area contributed by atoms with E-state index in [0.717, 1.165) is 19.5 Å². The smallest absolute Gasteiger partial charge is 0.238 e. The maximum absolute atomic E-state index is 11.8. The zero-order valence-electron chi connectivity index (χ0n) is 13.0. The lowest BCUT2D eigenvalue weighted by Crippen LogP contribution is -2.62. The molecule has 3 N–H and O–H groups in total. The zero-order chi connectivity index (χ0) is 14.5. The molecule has 0 saturated carbocycles. The Bertz CT molecular complexity index is 293. The molecule has 1 rings (SSSR count). The second-order valence-electron chi connectivity index (χ2n) is 6.38. The second-order valence-corrected chi connectivity index (χ2v) is 6.38. The molecule has 1 aliphatic heterocycles. The van der Waals surface area contributed by atoms with Gasteiger partial charge in [0.2, 0.25) is 5.91 Å². The van der Waals surface area contributed by atoms with Crippen LogP contribution in [-0.4, -0.2) is 41.5 Å². The fourth-order valence-electron chi connectivity index (χ4n) is 3.15. The first kappa shape index (κ1) is 16.4. The van der Waals surface area contributed by atoms with E-state index in [2.05, 4.69) is 31.0 Å². The third-order valence-electron chi connectivity index (χ3n) is 4.14. The van der Waals surface area contributed by atoms with Crippen LogP contribution in [0.25, 0.3) is 0 Å². The van der Waals surface area contributed by atoms with Gasteiger partial charge in [0, 0.05) is 18.6 Å². The third-order valence-corrected chi connectivity index (χ3v) is 4.14. The molecule has 2 unspecified atom stereocenters. The first-order valence-corrected chi connectivity index (χ1v) is 7.70. The maximum atomic E-state index is 11.8. The average Bonchev–Trinajstić information content (AvgIpc) is 2.52. The number of primary amides is 1. The van der Waals surface area contributed by atoms with E-state index in [1.807, 2.05) is 6.92 Å². The summed E-state index contributed by atoms with van der Waals surface area (Å²) in [4.78, 5) is 14.3. The van der Waals surface area contributed by atoms with E-state index >= 15 is 0 Å². The highest BCUT2D eigenvalue weighted by Gasteiger charge is 2.35. The van der Waals surface area contributed by atoms with Crippen LogP contribution in [0.3, 0.4) is 0 Å². The van der Waals surface area contributed by atoms with Gasteiger partial charge in [-0.3, -0.25) is 9.69 Å². The third kappa shape index (κ3) is 4.77. The van der Waals surface area contributed by atoms with Crippen molar-refractivity contribution in [1.29, 1.82) is 0 Å². The van der Waals surface area contributed by atoms with Crippen LogP contribution in [0.2, 0.25) is 0 Å². The van der Waals surface area contributed by atoms with Crippen LogP contribution in [0.4, 0.5) is 0 Å². The van der Waals surface area contributed by atoms with Crippen molar-refractivity contribution in [2.24, 2.45) is 5.73 Å². The monoisotopic (exact) mass is 269 g/mol. The van der Waals surface area contributed by atoms with E-state index in [4.69, 9.17) is 5.73 Å². The van der Waals surface area contributed by atoms with Crippen molar-refractivity contribution in [2.45, 2.75) is 77.4 Å². The molecular formula is C15H31N3O. The Morgan fingerprint density at radius 3 is 2.63 bits per heavy atom. The standard InChI is InChI=1S/C15H31N3O/c1-5-13-9-7-6-8-10-18(13)11-15(4,14(16)19)17-12(2)3/h12-13,17H,5-11H2,1-4H3,(H2,16,19). The summed E-state index contributed by atoms with van der Waals surface area (Å²) in [6, 6.07) is 0.847. The highest BCUT2D eigenvalue weighted by molar-refractivity contribution is 5.84. The van der Waals surface area contributed by atoms with E-state index in [9.17, 15) is 4.79 Å². The molecule has 4 nitrogen and oxygen atoms in total. The van der Waals surface area contributed by atoms with Crippen LogP contribution in [-0.2, 0) is 4.79 Å². The van der Waals surface area contributed by atoms with Gasteiger partial charge in [-0.05, 0) is 46.6 Å². The largest absolute Gasteiger partial charge is 0.368 e. The summed E-state index contributed by atoms with van der Waals surface area (Å²) >= 11 is 0. The molecule has 0 radical (unpaired) electrons. The number of carbonyl (C=O) groups is 1. The lowest BCUT2D eigenvalue weighted by Gasteiger charge is -2.38. The van der Waals surface area contributed by atoms with Crippen molar-refractivity contribution in [3.63, 3.8) is 0 Å². The van der Waals surface area contributed by atoms with E-state index < -0.39 is 5.54 Å². The molecule has 2 atom stereocenters.